The first-order valence-electron chi connectivity index (χ1n) is 9.22. The van der Waals surface area contributed by atoms with Crippen molar-refractivity contribution in [3.05, 3.63) is 97.5 Å². The number of amides is 2. The zero-order valence-corrected chi connectivity index (χ0v) is 18.5. The van der Waals surface area contributed by atoms with Gasteiger partial charge in [-0.2, -0.15) is 13.2 Å². The maximum Gasteiger partial charge on any atom is 0.416 e. The molecule has 11 heteroatoms. The van der Waals surface area contributed by atoms with Crippen LogP contribution in [0.5, 0.6) is 0 Å². The fourth-order valence-electron chi connectivity index (χ4n) is 3.55. The molecule has 33 heavy (non-hydrogen) atoms. The largest absolute Gasteiger partial charge is 0.416 e. The van der Waals surface area contributed by atoms with Gasteiger partial charge in [0.2, 0.25) is 0 Å². The quantitative estimate of drug-likeness (QED) is 0.370. The van der Waals surface area contributed by atoms with Crippen LogP contribution in [-0.4, -0.2) is 11.8 Å². The molecule has 0 saturated heterocycles. The monoisotopic (exact) mass is 544 g/mol. The van der Waals surface area contributed by atoms with E-state index in [1.807, 2.05) is 0 Å². The molecule has 3 aromatic rings. The smallest absolute Gasteiger partial charge is 0.341 e. The number of fused-ring (bicyclic) bond motifs is 1. The van der Waals surface area contributed by atoms with Crippen molar-refractivity contribution in [3.63, 3.8) is 0 Å². The number of halogens is 7. The molecule has 0 aromatic heterocycles. The number of anilines is 1. The molecule has 1 aliphatic rings. The molecule has 4 rings (SSSR count). The summed E-state index contributed by atoms with van der Waals surface area (Å²) in [4.78, 5) is 25.3. The van der Waals surface area contributed by atoms with Gasteiger partial charge in [0, 0.05) is 37.4 Å². The minimum atomic E-state index is -4.86. The molecular weight excluding hydrogens is 535 g/mol. The van der Waals surface area contributed by atoms with Crippen LogP contribution in [-0.2, 0) is 6.18 Å². The Kier molecular flexibility index (Phi) is 5.92. The summed E-state index contributed by atoms with van der Waals surface area (Å²) in [5.74, 6) is -3.42. The van der Waals surface area contributed by atoms with Gasteiger partial charge < -0.3 is 10.6 Å². The highest BCUT2D eigenvalue weighted by molar-refractivity contribution is 9.10. The number of hydrogen-bond donors (Lipinski definition) is 2. The van der Waals surface area contributed by atoms with Crippen molar-refractivity contribution in [2.45, 2.75) is 12.2 Å². The zero-order chi connectivity index (χ0) is 24.1. The van der Waals surface area contributed by atoms with Crippen molar-refractivity contribution in [1.29, 1.82) is 0 Å². The van der Waals surface area contributed by atoms with E-state index in [0.29, 0.717) is 16.6 Å². The summed E-state index contributed by atoms with van der Waals surface area (Å²) in [7, 11) is 0. The van der Waals surface area contributed by atoms with E-state index < -0.39 is 46.8 Å². The number of rotatable bonds is 3. The molecule has 170 valence electrons. The molecular formula is C22H11BrClF5N2O2. The van der Waals surface area contributed by atoms with Crippen LogP contribution >= 0.6 is 27.5 Å². The van der Waals surface area contributed by atoms with Crippen molar-refractivity contribution in [1.82, 2.24) is 5.32 Å². The zero-order valence-electron chi connectivity index (χ0n) is 16.2. The molecule has 0 aliphatic carbocycles. The molecule has 1 unspecified atom stereocenters. The van der Waals surface area contributed by atoms with E-state index in [1.165, 1.54) is 18.2 Å². The van der Waals surface area contributed by atoms with E-state index in [1.54, 1.807) is 0 Å². The topological polar surface area (TPSA) is 58.2 Å². The number of carbonyl (C=O) groups is 2. The van der Waals surface area contributed by atoms with E-state index in [2.05, 4.69) is 26.6 Å². The van der Waals surface area contributed by atoms with Crippen LogP contribution in [0.25, 0.3) is 0 Å². The highest BCUT2D eigenvalue weighted by Gasteiger charge is 2.35. The van der Waals surface area contributed by atoms with E-state index >= 15 is 0 Å². The van der Waals surface area contributed by atoms with Gasteiger partial charge in [-0.15, -0.1) is 0 Å². The van der Waals surface area contributed by atoms with E-state index in [9.17, 15) is 31.5 Å². The Morgan fingerprint density at radius 2 is 1.76 bits per heavy atom. The standard InChI is InChI=1S/C22H11BrClF5N2O2/c23-11-6-15-18(19(31-21(15)33)14-8-12(25)1-2-16(14)24)17(7-11)30-20(32)9-3-10(22(27,28)29)5-13(26)4-9/h1-8,19H,(H,30,32)(H,31,33). The van der Waals surface area contributed by atoms with Gasteiger partial charge in [0.1, 0.15) is 11.6 Å². The van der Waals surface area contributed by atoms with Crippen LogP contribution < -0.4 is 10.6 Å². The van der Waals surface area contributed by atoms with E-state index in [-0.39, 0.29) is 33.5 Å². The molecule has 0 spiro atoms. The number of carbonyl (C=O) groups excluding carboxylic acids is 2. The Hall–Kier alpha value is -2.98. The third-order valence-electron chi connectivity index (χ3n) is 4.96. The minimum Gasteiger partial charge on any atom is -0.341 e. The SMILES string of the molecule is O=C(Nc1cc(Br)cc2c1C(c1cc(F)ccc1Cl)NC2=O)c1cc(F)cc(C(F)(F)F)c1. The average molecular weight is 546 g/mol. The van der Waals surface area contributed by atoms with Crippen LogP contribution in [0, 0.1) is 11.6 Å². The first-order chi connectivity index (χ1) is 15.4. The van der Waals surface area contributed by atoms with Gasteiger partial charge in [0.25, 0.3) is 11.8 Å². The maximum absolute atomic E-state index is 13.9. The molecule has 3 aromatic carbocycles. The summed E-state index contributed by atoms with van der Waals surface area (Å²) in [6.45, 7) is 0. The Morgan fingerprint density at radius 1 is 1.03 bits per heavy atom. The molecule has 4 nitrogen and oxygen atoms in total. The van der Waals surface area contributed by atoms with Crippen molar-refractivity contribution in [2.75, 3.05) is 5.32 Å². The predicted octanol–water partition coefficient (Wildman–Crippen LogP) is 6.48. The van der Waals surface area contributed by atoms with Gasteiger partial charge in [0.05, 0.1) is 11.6 Å². The van der Waals surface area contributed by atoms with Crippen molar-refractivity contribution in [3.8, 4) is 0 Å². The minimum absolute atomic E-state index is 0.0471. The second kappa shape index (κ2) is 8.42. The second-order valence-electron chi connectivity index (χ2n) is 7.17. The molecule has 0 fully saturated rings. The van der Waals surface area contributed by atoms with Gasteiger partial charge in [-0.3, -0.25) is 9.59 Å². The summed E-state index contributed by atoms with van der Waals surface area (Å²) >= 11 is 9.41. The summed E-state index contributed by atoms with van der Waals surface area (Å²) in [5, 5.41) is 5.23. The number of benzene rings is 3. The van der Waals surface area contributed by atoms with Crippen LogP contribution in [0.3, 0.4) is 0 Å². The second-order valence-corrected chi connectivity index (χ2v) is 8.49. The molecule has 2 amide bonds. The first-order valence-corrected chi connectivity index (χ1v) is 10.4. The predicted molar refractivity (Wildman–Crippen MR) is 114 cm³/mol. The van der Waals surface area contributed by atoms with Gasteiger partial charge in [-0.1, -0.05) is 27.5 Å². The Balaban J connectivity index is 1.79. The van der Waals surface area contributed by atoms with Crippen LogP contribution in [0.1, 0.15) is 43.4 Å². The highest BCUT2D eigenvalue weighted by Crippen LogP contribution is 2.41. The average Bonchev–Trinajstić information content (AvgIpc) is 3.05. The number of nitrogens with one attached hydrogen (secondary N) is 2. The van der Waals surface area contributed by atoms with Crippen molar-refractivity contribution >= 4 is 45.0 Å². The molecule has 0 saturated carbocycles. The summed E-state index contributed by atoms with van der Waals surface area (Å²) in [6.07, 6.45) is -4.86. The number of hydrogen-bond acceptors (Lipinski definition) is 2. The van der Waals surface area contributed by atoms with Crippen molar-refractivity contribution in [2.24, 2.45) is 0 Å². The fourth-order valence-corrected chi connectivity index (χ4v) is 4.23. The first kappa shape index (κ1) is 23.2. The highest BCUT2D eigenvalue weighted by atomic mass is 79.9. The van der Waals surface area contributed by atoms with Crippen LogP contribution in [0.4, 0.5) is 27.6 Å². The van der Waals surface area contributed by atoms with Gasteiger partial charge in [0.15, 0.2) is 0 Å². The van der Waals surface area contributed by atoms with Gasteiger partial charge >= 0.3 is 6.18 Å². The number of alkyl halides is 3. The molecule has 0 bridgehead atoms. The van der Waals surface area contributed by atoms with E-state index in [0.717, 1.165) is 12.1 Å². The third kappa shape index (κ3) is 4.58. The lowest BCUT2D eigenvalue weighted by atomic mass is 9.96. The molecule has 2 N–H and O–H groups in total. The Labute approximate surface area is 196 Å². The van der Waals surface area contributed by atoms with Crippen LogP contribution in [0.15, 0.2) is 53.0 Å². The lowest BCUT2D eigenvalue weighted by Gasteiger charge is -2.18. The van der Waals surface area contributed by atoms with Gasteiger partial charge in [-0.05, 0) is 48.5 Å². The molecule has 0 radical (unpaired) electrons. The lowest BCUT2D eigenvalue weighted by molar-refractivity contribution is -0.137. The normalized spacial score (nSPS) is 15.2. The molecule has 1 aliphatic heterocycles. The van der Waals surface area contributed by atoms with Crippen LogP contribution in [0.2, 0.25) is 5.02 Å². The fraction of sp³-hybridized carbons (Fsp3) is 0.0909. The molecule has 1 atom stereocenters. The lowest BCUT2D eigenvalue weighted by Crippen LogP contribution is -2.21. The van der Waals surface area contributed by atoms with Crippen molar-refractivity contribution < 1.29 is 31.5 Å². The Morgan fingerprint density at radius 3 is 2.45 bits per heavy atom. The molecule has 1 heterocycles. The Bertz CT molecular complexity index is 1310. The maximum atomic E-state index is 13.9. The summed E-state index contributed by atoms with van der Waals surface area (Å²) in [6, 6.07) is 6.95. The van der Waals surface area contributed by atoms with E-state index in [4.69, 9.17) is 11.6 Å². The third-order valence-corrected chi connectivity index (χ3v) is 5.76. The summed E-state index contributed by atoms with van der Waals surface area (Å²) < 4.78 is 67.1. The summed E-state index contributed by atoms with van der Waals surface area (Å²) in [5.41, 5.74) is -1.27. The van der Waals surface area contributed by atoms with Gasteiger partial charge in [-0.25, -0.2) is 8.78 Å².